The highest BCUT2D eigenvalue weighted by atomic mass is 79.9. The lowest BCUT2D eigenvalue weighted by Gasteiger charge is -2.17. The normalized spacial score (nSPS) is 12.2. The van der Waals surface area contributed by atoms with Gasteiger partial charge in [0.15, 0.2) is 0 Å². The molecule has 6 heteroatoms. The van der Waals surface area contributed by atoms with Gasteiger partial charge in [-0.3, -0.25) is 4.79 Å². The van der Waals surface area contributed by atoms with Gasteiger partial charge in [-0.25, -0.2) is 9.18 Å². The molecule has 0 aliphatic heterocycles. The van der Waals surface area contributed by atoms with Crippen LogP contribution in [0.2, 0.25) is 0 Å². The molecule has 0 spiro atoms. The van der Waals surface area contributed by atoms with Crippen LogP contribution in [0, 0.1) is 11.7 Å². The highest BCUT2D eigenvalue weighted by molar-refractivity contribution is 9.10. The van der Waals surface area contributed by atoms with Gasteiger partial charge in [-0.2, -0.15) is 0 Å². The van der Waals surface area contributed by atoms with Crippen LogP contribution in [0.4, 0.5) is 4.39 Å². The van der Waals surface area contributed by atoms with Gasteiger partial charge in [-0.05, 0) is 36.1 Å². The first kappa shape index (κ1) is 16.6. The Morgan fingerprint density at radius 3 is 2.60 bits per heavy atom. The lowest BCUT2D eigenvalue weighted by atomic mass is 10.0. The third-order valence-electron chi connectivity index (χ3n) is 2.88. The summed E-state index contributed by atoms with van der Waals surface area (Å²) in [6.45, 7) is 3.45. The van der Waals surface area contributed by atoms with Gasteiger partial charge >= 0.3 is 5.97 Å². The summed E-state index contributed by atoms with van der Waals surface area (Å²) in [6.07, 6.45) is 0.452. The smallest absolute Gasteiger partial charge is 0.326 e. The number of carbonyl (C=O) groups excluding carboxylic acids is 1. The average Bonchev–Trinajstić information content (AvgIpc) is 2.36. The summed E-state index contributed by atoms with van der Waals surface area (Å²) in [7, 11) is 0. The van der Waals surface area contributed by atoms with Crippen LogP contribution in [-0.2, 0) is 16.0 Å². The van der Waals surface area contributed by atoms with Crippen LogP contribution in [-0.4, -0.2) is 23.0 Å². The van der Waals surface area contributed by atoms with Gasteiger partial charge in [0.05, 0.1) is 0 Å². The quantitative estimate of drug-likeness (QED) is 0.832. The van der Waals surface area contributed by atoms with Gasteiger partial charge in [-0.15, -0.1) is 0 Å². The number of halogens is 2. The molecule has 0 aliphatic rings. The van der Waals surface area contributed by atoms with Gasteiger partial charge in [0.25, 0.3) is 0 Å². The van der Waals surface area contributed by atoms with E-state index in [0.717, 1.165) is 4.47 Å². The number of benzene rings is 1. The summed E-state index contributed by atoms with van der Waals surface area (Å²) in [5.41, 5.74) is 0.677. The van der Waals surface area contributed by atoms with Crippen LogP contribution >= 0.6 is 15.9 Å². The number of carboxylic acid groups (broad SMARTS) is 1. The third-order valence-corrected chi connectivity index (χ3v) is 3.65. The number of amides is 1. The first-order chi connectivity index (χ1) is 9.31. The zero-order chi connectivity index (χ0) is 15.3. The highest BCUT2D eigenvalue weighted by Gasteiger charge is 2.23. The second-order valence-electron chi connectivity index (χ2n) is 4.86. The Labute approximate surface area is 125 Å². The molecule has 0 saturated carbocycles. The van der Waals surface area contributed by atoms with Crippen molar-refractivity contribution in [3.8, 4) is 0 Å². The summed E-state index contributed by atoms with van der Waals surface area (Å²) < 4.78 is 13.8. The zero-order valence-corrected chi connectivity index (χ0v) is 12.9. The van der Waals surface area contributed by atoms with E-state index in [1.165, 1.54) is 12.1 Å². The molecule has 0 radical (unpaired) electrons. The Morgan fingerprint density at radius 1 is 1.40 bits per heavy atom. The van der Waals surface area contributed by atoms with Crippen molar-refractivity contribution in [3.63, 3.8) is 0 Å². The molecule has 4 nitrogen and oxygen atoms in total. The van der Waals surface area contributed by atoms with E-state index >= 15 is 0 Å². The standard InChI is InChI=1S/C14H17BrFNO3/c1-8(2)13(14(19)20)17-12(18)6-3-9-7-10(16)4-5-11(9)15/h4-5,7-8,13H,3,6H2,1-2H3,(H,17,18)(H,19,20)/t13-/m1/s1. The van der Waals surface area contributed by atoms with E-state index in [9.17, 15) is 14.0 Å². The number of carbonyl (C=O) groups is 2. The van der Waals surface area contributed by atoms with E-state index in [0.29, 0.717) is 12.0 Å². The Bertz CT molecular complexity index is 505. The first-order valence-corrected chi connectivity index (χ1v) is 7.06. The molecule has 0 unspecified atom stereocenters. The molecule has 0 heterocycles. The van der Waals surface area contributed by atoms with Gasteiger partial charge < -0.3 is 10.4 Å². The van der Waals surface area contributed by atoms with Crippen molar-refractivity contribution in [3.05, 3.63) is 34.1 Å². The van der Waals surface area contributed by atoms with Crippen molar-refractivity contribution >= 4 is 27.8 Å². The Kier molecular flexibility index (Phi) is 6.13. The third kappa shape index (κ3) is 4.92. The van der Waals surface area contributed by atoms with Gasteiger partial charge in [0.2, 0.25) is 5.91 Å². The molecule has 0 aromatic heterocycles. The number of hydrogen-bond acceptors (Lipinski definition) is 2. The van der Waals surface area contributed by atoms with Crippen molar-refractivity contribution in [2.24, 2.45) is 5.92 Å². The van der Waals surface area contributed by atoms with Crippen LogP contribution in [0.15, 0.2) is 22.7 Å². The number of carboxylic acids is 1. The molecule has 1 rings (SSSR count). The van der Waals surface area contributed by atoms with Crippen molar-refractivity contribution in [2.45, 2.75) is 32.7 Å². The maximum atomic E-state index is 13.1. The van der Waals surface area contributed by atoms with Gasteiger partial charge in [0.1, 0.15) is 11.9 Å². The predicted molar refractivity (Wildman–Crippen MR) is 76.8 cm³/mol. The molecule has 1 amide bonds. The Balaban J connectivity index is 2.59. The topological polar surface area (TPSA) is 66.4 Å². The monoisotopic (exact) mass is 345 g/mol. The van der Waals surface area contributed by atoms with Crippen LogP contribution in [0.25, 0.3) is 0 Å². The number of aliphatic carboxylic acids is 1. The number of rotatable bonds is 6. The van der Waals surface area contributed by atoms with Crippen LogP contribution in [0.1, 0.15) is 25.8 Å². The average molecular weight is 346 g/mol. The van der Waals surface area contributed by atoms with Crippen molar-refractivity contribution in [2.75, 3.05) is 0 Å². The van der Waals surface area contributed by atoms with Crippen LogP contribution in [0.5, 0.6) is 0 Å². The number of nitrogens with one attached hydrogen (secondary N) is 1. The molecular weight excluding hydrogens is 329 g/mol. The van der Waals surface area contributed by atoms with Gasteiger partial charge in [-0.1, -0.05) is 29.8 Å². The SMILES string of the molecule is CC(C)[C@@H](NC(=O)CCc1cc(F)ccc1Br)C(=O)O. The van der Waals surface area contributed by atoms with Crippen LogP contribution < -0.4 is 5.32 Å². The van der Waals surface area contributed by atoms with E-state index in [2.05, 4.69) is 21.2 Å². The minimum atomic E-state index is -1.06. The zero-order valence-electron chi connectivity index (χ0n) is 11.3. The number of hydrogen-bond donors (Lipinski definition) is 2. The summed E-state index contributed by atoms with van der Waals surface area (Å²) in [4.78, 5) is 22.7. The molecule has 1 aromatic carbocycles. The maximum absolute atomic E-state index is 13.1. The summed E-state index contributed by atoms with van der Waals surface area (Å²) in [5, 5.41) is 11.5. The minimum absolute atomic E-state index is 0.110. The molecule has 20 heavy (non-hydrogen) atoms. The fraction of sp³-hybridized carbons (Fsp3) is 0.429. The molecular formula is C14H17BrFNO3. The molecule has 2 N–H and O–H groups in total. The lowest BCUT2D eigenvalue weighted by Crippen LogP contribution is -2.44. The lowest BCUT2D eigenvalue weighted by molar-refractivity contribution is -0.143. The number of aryl methyl sites for hydroxylation is 1. The summed E-state index contributed by atoms with van der Waals surface area (Å²) in [6, 6.07) is 3.36. The molecule has 0 saturated heterocycles. The highest BCUT2D eigenvalue weighted by Crippen LogP contribution is 2.19. The molecule has 1 atom stereocenters. The first-order valence-electron chi connectivity index (χ1n) is 6.27. The molecule has 110 valence electrons. The fourth-order valence-electron chi connectivity index (χ4n) is 1.74. The molecule has 0 aliphatic carbocycles. The van der Waals surface area contributed by atoms with Crippen molar-refractivity contribution in [1.29, 1.82) is 0 Å². The van der Waals surface area contributed by atoms with Crippen molar-refractivity contribution < 1.29 is 19.1 Å². The van der Waals surface area contributed by atoms with E-state index in [1.54, 1.807) is 19.9 Å². The minimum Gasteiger partial charge on any atom is -0.480 e. The fourth-order valence-corrected chi connectivity index (χ4v) is 2.19. The Hall–Kier alpha value is -1.43. The van der Waals surface area contributed by atoms with E-state index < -0.39 is 12.0 Å². The van der Waals surface area contributed by atoms with Gasteiger partial charge in [0, 0.05) is 10.9 Å². The molecule has 0 fully saturated rings. The van der Waals surface area contributed by atoms with E-state index in [4.69, 9.17) is 5.11 Å². The van der Waals surface area contributed by atoms with Crippen LogP contribution in [0.3, 0.4) is 0 Å². The molecule has 1 aromatic rings. The second-order valence-corrected chi connectivity index (χ2v) is 5.72. The summed E-state index contributed by atoms with van der Waals surface area (Å²) in [5.74, 6) is -1.98. The largest absolute Gasteiger partial charge is 0.480 e. The van der Waals surface area contributed by atoms with E-state index in [1.807, 2.05) is 0 Å². The predicted octanol–water partition coefficient (Wildman–Crippen LogP) is 2.75. The van der Waals surface area contributed by atoms with Crippen molar-refractivity contribution in [1.82, 2.24) is 5.32 Å². The molecule has 0 bridgehead atoms. The summed E-state index contributed by atoms with van der Waals surface area (Å²) >= 11 is 3.29. The van der Waals surface area contributed by atoms with E-state index in [-0.39, 0.29) is 24.1 Å². The Morgan fingerprint density at radius 2 is 2.05 bits per heavy atom. The second kappa shape index (κ2) is 7.38. The maximum Gasteiger partial charge on any atom is 0.326 e.